The number of benzene rings is 1. The highest BCUT2D eigenvalue weighted by Gasteiger charge is 2.13. The monoisotopic (exact) mass is 243 g/mol. The number of halogens is 2. The van der Waals surface area contributed by atoms with Crippen LogP contribution >= 0.6 is 0 Å². The molecule has 17 heavy (non-hydrogen) atoms. The van der Waals surface area contributed by atoms with Gasteiger partial charge in [-0.2, -0.15) is 0 Å². The Morgan fingerprint density at radius 2 is 2.12 bits per heavy atom. The normalized spacial score (nSPS) is 12.2. The molecule has 1 atom stereocenters. The number of esters is 1. The van der Waals surface area contributed by atoms with Crippen molar-refractivity contribution in [1.82, 2.24) is 5.32 Å². The molecule has 0 fully saturated rings. The highest BCUT2D eigenvalue weighted by atomic mass is 19.2. The molecular formula is C12H15F2NO2. The molecule has 0 amide bonds. The van der Waals surface area contributed by atoms with Crippen molar-refractivity contribution in [2.24, 2.45) is 0 Å². The van der Waals surface area contributed by atoms with Crippen molar-refractivity contribution in [2.45, 2.75) is 26.4 Å². The summed E-state index contributed by atoms with van der Waals surface area (Å²) in [4.78, 5) is 11.3. The molecule has 0 aliphatic rings. The molecule has 1 aromatic carbocycles. The summed E-state index contributed by atoms with van der Waals surface area (Å²) in [6.07, 6.45) is 0. The lowest BCUT2D eigenvalue weighted by Crippen LogP contribution is -2.34. The fourth-order valence-corrected chi connectivity index (χ4v) is 1.27. The third-order valence-electron chi connectivity index (χ3n) is 2.24. The van der Waals surface area contributed by atoms with Gasteiger partial charge in [0.05, 0.1) is 6.61 Å². The van der Waals surface area contributed by atoms with E-state index in [0.717, 1.165) is 12.1 Å². The fourth-order valence-electron chi connectivity index (χ4n) is 1.27. The van der Waals surface area contributed by atoms with E-state index in [1.165, 1.54) is 6.07 Å². The van der Waals surface area contributed by atoms with Crippen LogP contribution in [-0.4, -0.2) is 18.6 Å². The quantitative estimate of drug-likeness (QED) is 0.804. The summed E-state index contributed by atoms with van der Waals surface area (Å²) >= 11 is 0. The zero-order chi connectivity index (χ0) is 12.8. The summed E-state index contributed by atoms with van der Waals surface area (Å²) in [5.74, 6) is -2.14. The lowest BCUT2D eigenvalue weighted by Gasteiger charge is -2.12. The minimum absolute atomic E-state index is 0.275. The van der Waals surface area contributed by atoms with Gasteiger partial charge in [0, 0.05) is 6.54 Å². The van der Waals surface area contributed by atoms with E-state index in [1.54, 1.807) is 13.8 Å². The number of ether oxygens (including phenoxy) is 1. The minimum Gasteiger partial charge on any atom is -0.465 e. The van der Waals surface area contributed by atoms with E-state index in [9.17, 15) is 13.6 Å². The van der Waals surface area contributed by atoms with Crippen LogP contribution in [0.15, 0.2) is 18.2 Å². The van der Waals surface area contributed by atoms with Crippen LogP contribution in [0.1, 0.15) is 19.4 Å². The summed E-state index contributed by atoms with van der Waals surface area (Å²) in [6.45, 7) is 3.96. The topological polar surface area (TPSA) is 38.3 Å². The second kappa shape index (κ2) is 6.30. The Morgan fingerprint density at radius 3 is 2.71 bits per heavy atom. The molecule has 5 heteroatoms. The standard InChI is InChI=1S/C12H15F2NO2/c1-3-17-12(16)8(2)15-7-9-4-5-10(13)11(14)6-9/h4-6,8,15H,3,7H2,1-2H3. The molecule has 1 aromatic rings. The molecule has 0 aliphatic heterocycles. The van der Waals surface area contributed by atoms with Crippen LogP contribution in [0.5, 0.6) is 0 Å². The smallest absolute Gasteiger partial charge is 0.322 e. The number of carbonyl (C=O) groups excluding carboxylic acids is 1. The second-order valence-corrected chi connectivity index (χ2v) is 3.60. The fraction of sp³-hybridized carbons (Fsp3) is 0.417. The second-order valence-electron chi connectivity index (χ2n) is 3.60. The summed E-state index contributed by atoms with van der Waals surface area (Å²) in [6, 6.07) is 3.13. The largest absolute Gasteiger partial charge is 0.465 e. The first kappa shape index (κ1) is 13.6. The highest BCUT2D eigenvalue weighted by Crippen LogP contribution is 2.08. The molecule has 0 saturated heterocycles. The summed E-state index contributed by atoms with van der Waals surface area (Å²) < 4.78 is 30.3. The van der Waals surface area contributed by atoms with Gasteiger partial charge in [0.25, 0.3) is 0 Å². The minimum atomic E-state index is -0.895. The first-order valence-corrected chi connectivity index (χ1v) is 5.38. The average Bonchev–Trinajstić information content (AvgIpc) is 2.30. The van der Waals surface area contributed by atoms with Gasteiger partial charge in [-0.15, -0.1) is 0 Å². The molecule has 0 radical (unpaired) electrons. The Labute approximate surface area is 98.8 Å². The van der Waals surface area contributed by atoms with Crippen molar-refractivity contribution in [3.05, 3.63) is 35.4 Å². The third-order valence-corrected chi connectivity index (χ3v) is 2.24. The summed E-state index contributed by atoms with van der Waals surface area (Å²) in [5, 5.41) is 2.87. The van der Waals surface area contributed by atoms with Crippen molar-refractivity contribution < 1.29 is 18.3 Å². The summed E-state index contributed by atoms with van der Waals surface area (Å²) in [7, 11) is 0. The molecule has 3 nitrogen and oxygen atoms in total. The van der Waals surface area contributed by atoms with E-state index in [1.807, 2.05) is 0 Å². The lowest BCUT2D eigenvalue weighted by atomic mass is 10.2. The number of rotatable bonds is 5. The van der Waals surface area contributed by atoms with E-state index >= 15 is 0 Å². The first-order valence-electron chi connectivity index (χ1n) is 5.38. The van der Waals surface area contributed by atoms with Crippen molar-refractivity contribution in [1.29, 1.82) is 0 Å². The van der Waals surface area contributed by atoms with Gasteiger partial charge >= 0.3 is 5.97 Å². The third kappa shape index (κ3) is 4.11. The summed E-state index contributed by atoms with van der Waals surface area (Å²) in [5.41, 5.74) is 0.569. The number of nitrogens with one attached hydrogen (secondary N) is 1. The van der Waals surface area contributed by atoms with Crippen LogP contribution in [0.25, 0.3) is 0 Å². The predicted octanol–water partition coefficient (Wildman–Crippen LogP) is 2.01. The van der Waals surface area contributed by atoms with Gasteiger partial charge in [-0.3, -0.25) is 4.79 Å². The molecule has 94 valence electrons. The Hall–Kier alpha value is -1.49. The predicted molar refractivity (Wildman–Crippen MR) is 59.3 cm³/mol. The van der Waals surface area contributed by atoms with Crippen LogP contribution in [0.2, 0.25) is 0 Å². The average molecular weight is 243 g/mol. The van der Waals surface area contributed by atoms with E-state index in [0.29, 0.717) is 12.2 Å². The lowest BCUT2D eigenvalue weighted by molar-refractivity contribution is -0.145. The number of hydrogen-bond acceptors (Lipinski definition) is 3. The van der Waals surface area contributed by atoms with Crippen LogP contribution in [0.4, 0.5) is 8.78 Å². The number of carbonyl (C=O) groups is 1. The van der Waals surface area contributed by atoms with Crippen molar-refractivity contribution >= 4 is 5.97 Å². The maximum Gasteiger partial charge on any atom is 0.322 e. The SMILES string of the molecule is CCOC(=O)C(C)NCc1ccc(F)c(F)c1. The zero-order valence-corrected chi connectivity index (χ0v) is 9.80. The molecule has 0 spiro atoms. The van der Waals surface area contributed by atoms with Gasteiger partial charge in [-0.1, -0.05) is 6.07 Å². The molecular weight excluding hydrogens is 228 g/mol. The Bertz CT molecular complexity index is 396. The molecule has 0 bridgehead atoms. The molecule has 0 heterocycles. The molecule has 1 N–H and O–H groups in total. The Morgan fingerprint density at radius 1 is 1.41 bits per heavy atom. The van der Waals surface area contributed by atoms with Gasteiger partial charge in [-0.25, -0.2) is 8.78 Å². The van der Waals surface area contributed by atoms with E-state index in [4.69, 9.17) is 4.74 Å². The highest BCUT2D eigenvalue weighted by molar-refractivity contribution is 5.75. The van der Waals surface area contributed by atoms with Crippen LogP contribution in [-0.2, 0) is 16.1 Å². The molecule has 0 aromatic heterocycles. The van der Waals surface area contributed by atoms with E-state index in [-0.39, 0.29) is 12.5 Å². The van der Waals surface area contributed by atoms with Crippen LogP contribution < -0.4 is 5.32 Å². The van der Waals surface area contributed by atoms with E-state index in [2.05, 4.69) is 5.32 Å². The van der Waals surface area contributed by atoms with Crippen molar-refractivity contribution in [3.8, 4) is 0 Å². The van der Waals surface area contributed by atoms with Crippen LogP contribution in [0, 0.1) is 11.6 Å². The van der Waals surface area contributed by atoms with Gasteiger partial charge in [0.1, 0.15) is 6.04 Å². The molecule has 1 unspecified atom stereocenters. The first-order chi connectivity index (χ1) is 8.04. The number of hydrogen-bond donors (Lipinski definition) is 1. The molecule has 0 saturated carbocycles. The van der Waals surface area contributed by atoms with E-state index < -0.39 is 17.7 Å². The van der Waals surface area contributed by atoms with Gasteiger partial charge in [0.15, 0.2) is 11.6 Å². The van der Waals surface area contributed by atoms with Crippen molar-refractivity contribution in [3.63, 3.8) is 0 Å². The van der Waals surface area contributed by atoms with Crippen LogP contribution in [0.3, 0.4) is 0 Å². The van der Waals surface area contributed by atoms with Gasteiger partial charge in [0.2, 0.25) is 0 Å². The van der Waals surface area contributed by atoms with Gasteiger partial charge < -0.3 is 10.1 Å². The maximum absolute atomic E-state index is 12.9. The molecule has 0 aliphatic carbocycles. The maximum atomic E-state index is 12.9. The molecule has 1 rings (SSSR count). The van der Waals surface area contributed by atoms with Gasteiger partial charge in [-0.05, 0) is 31.5 Å². The Kier molecular flexibility index (Phi) is 5.03. The Balaban J connectivity index is 2.50. The van der Waals surface area contributed by atoms with Crippen molar-refractivity contribution in [2.75, 3.05) is 6.61 Å². The zero-order valence-electron chi connectivity index (χ0n) is 9.80.